The zero-order chi connectivity index (χ0) is 10.7. The first-order chi connectivity index (χ1) is 6.61. The van der Waals surface area contributed by atoms with E-state index in [4.69, 9.17) is 5.11 Å². The SMILES string of the molecule is CC[C@@H]1CCN(C(=O)CO)[C@@H]1C(C)=O. The highest BCUT2D eigenvalue weighted by atomic mass is 16.3. The summed E-state index contributed by atoms with van der Waals surface area (Å²) in [5, 5.41) is 8.75. The van der Waals surface area contributed by atoms with E-state index in [0.717, 1.165) is 12.8 Å². The van der Waals surface area contributed by atoms with E-state index >= 15 is 0 Å². The number of aliphatic hydroxyl groups is 1. The van der Waals surface area contributed by atoms with Crippen LogP contribution in [0.4, 0.5) is 0 Å². The highest BCUT2D eigenvalue weighted by Crippen LogP contribution is 2.27. The maximum atomic E-state index is 11.4. The van der Waals surface area contributed by atoms with Crippen LogP contribution in [-0.4, -0.2) is 40.9 Å². The van der Waals surface area contributed by atoms with Crippen molar-refractivity contribution in [3.63, 3.8) is 0 Å². The minimum atomic E-state index is -0.500. The van der Waals surface area contributed by atoms with Gasteiger partial charge in [-0.05, 0) is 19.3 Å². The van der Waals surface area contributed by atoms with Crippen LogP contribution in [0.25, 0.3) is 0 Å². The lowest BCUT2D eigenvalue weighted by molar-refractivity contribution is -0.140. The molecule has 1 N–H and O–H groups in total. The van der Waals surface area contributed by atoms with Gasteiger partial charge in [0.25, 0.3) is 0 Å². The molecule has 80 valence electrons. The first-order valence-corrected chi connectivity index (χ1v) is 5.02. The van der Waals surface area contributed by atoms with Gasteiger partial charge in [0.15, 0.2) is 5.78 Å². The molecule has 1 fully saturated rings. The largest absolute Gasteiger partial charge is 0.387 e. The van der Waals surface area contributed by atoms with Gasteiger partial charge < -0.3 is 10.0 Å². The van der Waals surface area contributed by atoms with Crippen LogP contribution < -0.4 is 0 Å². The molecule has 1 saturated heterocycles. The van der Waals surface area contributed by atoms with Crippen LogP contribution in [0.2, 0.25) is 0 Å². The Labute approximate surface area is 83.9 Å². The molecule has 1 aliphatic rings. The number of ketones is 1. The maximum Gasteiger partial charge on any atom is 0.248 e. The predicted octanol–water partition coefficient (Wildman–Crippen LogP) is 0.195. The fraction of sp³-hybridized carbons (Fsp3) is 0.800. The lowest BCUT2D eigenvalue weighted by atomic mass is 9.95. The number of carbonyl (C=O) groups is 2. The Morgan fingerprint density at radius 2 is 2.14 bits per heavy atom. The second-order valence-corrected chi connectivity index (χ2v) is 3.76. The molecule has 0 aliphatic carbocycles. The van der Waals surface area contributed by atoms with Gasteiger partial charge in [0.1, 0.15) is 6.61 Å². The van der Waals surface area contributed by atoms with Crippen molar-refractivity contribution in [1.82, 2.24) is 4.90 Å². The normalized spacial score (nSPS) is 26.6. The third kappa shape index (κ3) is 1.95. The van der Waals surface area contributed by atoms with Gasteiger partial charge >= 0.3 is 0 Å². The van der Waals surface area contributed by atoms with Crippen LogP contribution in [0.15, 0.2) is 0 Å². The van der Waals surface area contributed by atoms with Crippen molar-refractivity contribution >= 4 is 11.7 Å². The van der Waals surface area contributed by atoms with Crippen LogP contribution in [0, 0.1) is 5.92 Å². The highest BCUT2D eigenvalue weighted by molar-refractivity contribution is 5.88. The molecule has 0 saturated carbocycles. The molecule has 0 spiro atoms. The summed E-state index contributed by atoms with van der Waals surface area (Å²) in [6.45, 7) is 3.63. The van der Waals surface area contributed by atoms with Gasteiger partial charge in [-0.25, -0.2) is 0 Å². The molecule has 4 nitrogen and oxygen atoms in total. The molecule has 4 heteroatoms. The monoisotopic (exact) mass is 199 g/mol. The number of amides is 1. The van der Waals surface area contributed by atoms with Gasteiger partial charge in [0, 0.05) is 6.54 Å². The molecule has 14 heavy (non-hydrogen) atoms. The topological polar surface area (TPSA) is 57.6 Å². The lowest BCUT2D eigenvalue weighted by Gasteiger charge is -2.24. The molecule has 0 aromatic heterocycles. The highest BCUT2D eigenvalue weighted by Gasteiger charge is 2.38. The molecule has 0 aromatic carbocycles. The van der Waals surface area contributed by atoms with Gasteiger partial charge in [-0.2, -0.15) is 0 Å². The Balaban J connectivity index is 2.78. The van der Waals surface area contributed by atoms with Crippen molar-refractivity contribution in [2.45, 2.75) is 32.7 Å². The fourth-order valence-corrected chi connectivity index (χ4v) is 2.21. The first-order valence-electron chi connectivity index (χ1n) is 5.02. The van der Waals surface area contributed by atoms with E-state index in [9.17, 15) is 9.59 Å². The van der Waals surface area contributed by atoms with Gasteiger partial charge in [-0.15, -0.1) is 0 Å². The number of Topliss-reactive ketones (excluding diaryl/α,β-unsaturated/α-hetero) is 1. The standard InChI is InChI=1S/C10H17NO3/c1-3-8-4-5-11(9(14)6-12)10(8)7(2)13/h8,10,12H,3-6H2,1-2H3/t8-,10-/m1/s1. The van der Waals surface area contributed by atoms with Crippen molar-refractivity contribution in [1.29, 1.82) is 0 Å². The van der Waals surface area contributed by atoms with E-state index in [1.54, 1.807) is 0 Å². The summed E-state index contributed by atoms with van der Waals surface area (Å²) in [5.41, 5.74) is 0. The van der Waals surface area contributed by atoms with Crippen LogP contribution in [-0.2, 0) is 9.59 Å². The summed E-state index contributed by atoms with van der Waals surface area (Å²) < 4.78 is 0. The van der Waals surface area contributed by atoms with Gasteiger partial charge in [0.05, 0.1) is 6.04 Å². The number of carbonyl (C=O) groups excluding carboxylic acids is 2. The molecule has 1 heterocycles. The molecule has 0 radical (unpaired) electrons. The molecule has 1 amide bonds. The average Bonchev–Trinajstić information content (AvgIpc) is 2.59. The summed E-state index contributed by atoms with van der Waals surface area (Å²) in [4.78, 5) is 24.2. The Morgan fingerprint density at radius 1 is 1.50 bits per heavy atom. The van der Waals surface area contributed by atoms with Crippen LogP contribution in [0.3, 0.4) is 0 Å². The zero-order valence-corrected chi connectivity index (χ0v) is 8.69. The Morgan fingerprint density at radius 3 is 2.57 bits per heavy atom. The summed E-state index contributed by atoms with van der Waals surface area (Å²) in [6.07, 6.45) is 1.77. The number of likely N-dealkylation sites (tertiary alicyclic amines) is 1. The molecular weight excluding hydrogens is 182 g/mol. The Kier molecular flexibility index (Phi) is 3.63. The van der Waals surface area contributed by atoms with E-state index in [0.29, 0.717) is 6.54 Å². The van der Waals surface area contributed by atoms with Crippen molar-refractivity contribution in [3.05, 3.63) is 0 Å². The summed E-state index contributed by atoms with van der Waals surface area (Å²) >= 11 is 0. The lowest BCUT2D eigenvalue weighted by Crippen LogP contribution is -2.43. The van der Waals surface area contributed by atoms with Crippen molar-refractivity contribution < 1.29 is 14.7 Å². The molecule has 0 unspecified atom stereocenters. The molecule has 0 bridgehead atoms. The van der Waals surface area contributed by atoms with Gasteiger partial charge in [0.2, 0.25) is 5.91 Å². The molecule has 0 aromatic rings. The molecule has 1 rings (SSSR count). The minimum Gasteiger partial charge on any atom is -0.387 e. The molecule has 2 atom stereocenters. The number of hydrogen-bond acceptors (Lipinski definition) is 3. The molecular formula is C10H17NO3. The van der Waals surface area contributed by atoms with Gasteiger partial charge in [-0.3, -0.25) is 9.59 Å². The summed E-state index contributed by atoms with van der Waals surface area (Å²) in [6, 6.07) is -0.306. The summed E-state index contributed by atoms with van der Waals surface area (Å²) in [5.74, 6) is -0.0414. The third-order valence-electron chi connectivity index (χ3n) is 2.92. The number of rotatable bonds is 3. The smallest absolute Gasteiger partial charge is 0.248 e. The quantitative estimate of drug-likeness (QED) is 0.706. The Bertz CT molecular complexity index is 240. The fourth-order valence-electron chi connectivity index (χ4n) is 2.21. The molecule has 1 aliphatic heterocycles. The van der Waals surface area contributed by atoms with E-state index < -0.39 is 6.61 Å². The average molecular weight is 199 g/mol. The van der Waals surface area contributed by atoms with Crippen molar-refractivity contribution in [2.24, 2.45) is 5.92 Å². The van der Waals surface area contributed by atoms with Crippen LogP contribution in [0.1, 0.15) is 26.7 Å². The number of aliphatic hydroxyl groups excluding tert-OH is 1. The zero-order valence-electron chi connectivity index (χ0n) is 8.69. The maximum absolute atomic E-state index is 11.4. The Hall–Kier alpha value is -0.900. The van der Waals surface area contributed by atoms with Crippen molar-refractivity contribution in [3.8, 4) is 0 Å². The van der Waals surface area contributed by atoms with Gasteiger partial charge in [-0.1, -0.05) is 13.3 Å². The van der Waals surface area contributed by atoms with E-state index in [1.807, 2.05) is 6.92 Å². The van der Waals surface area contributed by atoms with E-state index in [2.05, 4.69) is 0 Å². The number of nitrogens with zero attached hydrogens (tertiary/aromatic N) is 1. The van der Waals surface area contributed by atoms with Crippen LogP contribution >= 0.6 is 0 Å². The predicted molar refractivity (Wildman–Crippen MR) is 51.7 cm³/mol. The second-order valence-electron chi connectivity index (χ2n) is 3.76. The van der Waals surface area contributed by atoms with E-state index in [1.165, 1.54) is 11.8 Å². The second kappa shape index (κ2) is 4.55. The number of hydrogen-bond donors (Lipinski definition) is 1. The third-order valence-corrected chi connectivity index (χ3v) is 2.92. The van der Waals surface area contributed by atoms with Crippen molar-refractivity contribution in [2.75, 3.05) is 13.2 Å². The minimum absolute atomic E-state index is 0.0242. The summed E-state index contributed by atoms with van der Waals surface area (Å²) in [7, 11) is 0. The van der Waals surface area contributed by atoms with E-state index in [-0.39, 0.29) is 23.7 Å². The van der Waals surface area contributed by atoms with Crippen LogP contribution in [0.5, 0.6) is 0 Å². The first kappa shape index (κ1) is 11.2.